The molecule has 1 aliphatic heterocycles. The molecule has 0 spiro atoms. The predicted octanol–water partition coefficient (Wildman–Crippen LogP) is 0.815. The molecular weight excluding hydrogens is 370 g/mol. The van der Waals surface area contributed by atoms with E-state index < -0.39 is 5.92 Å². The fourth-order valence-electron chi connectivity index (χ4n) is 2.90. The van der Waals surface area contributed by atoms with Crippen molar-refractivity contribution in [2.24, 2.45) is 5.92 Å². The van der Waals surface area contributed by atoms with Gasteiger partial charge in [-0.15, -0.1) is 12.4 Å². The SMILES string of the molecule is CCOC(=O)C(CNC(=O)CNC(=O)C1CCCN1)Cc1ccccc1.Cl. The molecule has 1 aliphatic rings. The van der Waals surface area contributed by atoms with Gasteiger partial charge in [-0.1, -0.05) is 30.3 Å². The van der Waals surface area contributed by atoms with E-state index in [1.54, 1.807) is 6.92 Å². The number of carbonyl (C=O) groups is 3. The maximum atomic E-state index is 12.1. The maximum Gasteiger partial charge on any atom is 0.311 e. The van der Waals surface area contributed by atoms with Crippen LogP contribution in [-0.4, -0.2) is 50.1 Å². The quantitative estimate of drug-likeness (QED) is 0.536. The molecule has 3 N–H and O–H groups in total. The number of hydrogen-bond donors (Lipinski definition) is 3. The van der Waals surface area contributed by atoms with Crippen molar-refractivity contribution in [1.29, 1.82) is 0 Å². The van der Waals surface area contributed by atoms with Crippen molar-refractivity contribution in [2.75, 3.05) is 26.2 Å². The van der Waals surface area contributed by atoms with Crippen molar-refractivity contribution in [3.05, 3.63) is 35.9 Å². The standard InChI is InChI=1S/C19H27N3O4.ClH/c1-2-26-19(25)15(11-14-7-4-3-5-8-14)12-21-17(23)13-22-18(24)16-9-6-10-20-16;/h3-5,7-8,15-16,20H,2,6,9-13H2,1H3,(H,21,23)(H,22,24);1H. The van der Waals surface area contributed by atoms with E-state index in [2.05, 4.69) is 16.0 Å². The lowest BCUT2D eigenvalue weighted by molar-refractivity contribution is -0.148. The molecule has 0 saturated carbocycles. The number of carbonyl (C=O) groups excluding carboxylic acids is 3. The molecule has 0 bridgehead atoms. The summed E-state index contributed by atoms with van der Waals surface area (Å²) in [6, 6.07) is 9.37. The van der Waals surface area contributed by atoms with Crippen LogP contribution in [-0.2, 0) is 25.5 Å². The number of esters is 1. The smallest absolute Gasteiger partial charge is 0.311 e. The van der Waals surface area contributed by atoms with Crippen LogP contribution in [0.25, 0.3) is 0 Å². The number of hydrogen-bond acceptors (Lipinski definition) is 5. The Morgan fingerprint density at radius 1 is 1.22 bits per heavy atom. The van der Waals surface area contributed by atoms with Crippen LogP contribution in [0.5, 0.6) is 0 Å². The summed E-state index contributed by atoms with van der Waals surface area (Å²) in [5.41, 5.74) is 1.00. The van der Waals surface area contributed by atoms with Crippen molar-refractivity contribution in [2.45, 2.75) is 32.2 Å². The second-order valence-corrected chi connectivity index (χ2v) is 6.31. The monoisotopic (exact) mass is 397 g/mol. The molecule has 0 radical (unpaired) electrons. The first-order valence-corrected chi connectivity index (χ1v) is 9.08. The van der Waals surface area contributed by atoms with Crippen LogP contribution >= 0.6 is 12.4 Å². The van der Waals surface area contributed by atoms with Crippen LogP contribution in [0.3, 0.4) is 0 Å². The van der Waals surface area contributed by atoms with Crippen LogP contribution in [0, 0.1) is 5.92 Å². The van der Waals surface area contributed by atoms with Crippen molar-refractivity contribution < 1.29 is 19.1 Å². The molecule has 1 fully saturated rings. The van der Waals surface area contributed by atoms with Gasteiger partial charge < -0.3 is 20.7 Å². The van der Waals surface area contributed by atoms with Crippen LogP contribution < -0.4 is 16.0 Å². The lowest BCUT2D eigenvalue weighted by atomic mass is 9.99. The highest BCUT2D eigenvalue weighted by atomic mass is 35.5. The fourth-order valence-corrected chi connectivity index (χ4v) is 2.90. The van der Waals surface area contributed by atoms with E-state index in [1.807, 2.05) is 30.3 Å². The third-order valence-electron chi connectivity index (χ3n) is 4.29. The largest absolute Gasteiger partial charge is 0.466 e. The molecule has 150 valence electrons. The molecule has 2 amide bonds. The van der Waals surface area contributed by atoms with Crippen molar-refractivity contribution >= 4 is 30.2 Å². The molecule has 27 heavy (non-hydrogen) atoms. The zero-order chi connectivity index (χ0) is 18.8. The lowest BCUT2D eigenvalue weighted by Gasteiger charge is -2.17. The van der Waals surface area contributed by atoms with Crippen molar-refractivity contribution in [3.8, 4) is 0 Å². The average Bonchev–Trinajstić information content (AvgIpc) is 3.19. The van der Waals surface area contributed by atoms with E-state index in [4.69, 9.17) is 4.74 Å². The zero-order valence-electron chi connectivity index (χ0n) is 15.5. The van der Waals surface area contributed by atoms with E-state index >= 15 is 0 Å². The van der Waals surface area contributed by atoms with Crippen LogP contribution in [0.2, 0.25) is 0 Å². The number of halogens is 1. The second-order valence-electron chi connectivity index (χ2n) is 6.31. The summed E-state index contributed by atoms with van der Waals surface area (Å²) in [5.74, 6) is -1.29. The van der Waals surface area contributed by atoms with Gasteiger partial charge in [0.05, 0.1) is 25.1 Å². The van der Waals surface area contributed by atoms with Gasteiger partial charge in [0.25, 0.3) is 0 Å². The third-order valence-corrected chi connectivity index (χ3v) is 4.29. The summed E-state index contributed by atoms with van der Waals surface area (Å²) in [4.78, 5) is 36.0. The minimum absolute atomic E-state index is 0. The molecule has 1 saturated heterocycles. The number of nitrogens with one attached hydrogen (secondary N) is 3. The van der Waals surface area contributed by atoms with Gasteiger partial charge in [0, 0.05) is 6.54 Å². The molecule has 7 nitrogen and oxygen atoms in total. The van der Waals surface area contributed by atoms with Crippen molar-refractivity contribution in [3.63, 3.8) is 0 Å². The minimum Gasteiger partial charge on any atom is -0.466 e. The van der Waals surface area contributed by atoms with Crippen LogP contribution in [0.1, 0.15) is 25.3 Å². The zero-order valence-corrected chi connectivity index (χ0v) is 16.3. The van der Waals surface area contributed by atoms with Gasteiger partial charge in [0.1, 0.15) is 0 Å². The van der Waals surface area contributed by atoms with E-state index in [1.165, 1.54) is 0 Å². The molecule has 1 aromatic carbocycles. The molecule has 2 unspecified atom stereocenters. The average molecular weight is 398 g/mol. The molecule has 8 heteroatoms. The van der Waals surface area contributed by atoms with Crippen molar-refractivity contribution in [1.82, 2.24) is 16.0 Å². The number of benzene rings is 1. The number of ether oxygens (including phenoxy) is 1. The minimum atomic E-state index is -0.464. The second kappa shape index (κ2) is 12.3. The third kappa shape index (κ3) is 7.97. The Morgan fingerprint density at radius 3 is 2.59 bits per heavy atom. The van der Waals surface area contributed by atoms with Gasteiger partial charge in [-0.3, -0.25) is 14.4 Å². The molecular formula is C19H28ClN3O4. The maximum absolute atomic E-state index is 12.1. The molecule has 1 heterocycles. The first-order chi connectivity index (χ1) is 12.6. The Hall–Kier alpha value is -2.12. The summed E-state index contributed by atoms with van der Waals surface area (Å²) in [6.45, 7) is 2.94. The highest BCUT2D eigenvalue weighted by Gasteiger charge is 2.23. The molecule has 0 aliphatic carbocycles. The summed E-state index contributed by atoms with van der Waals surface area (Å²) in [7, 11) is 0. The van der Waals surface area contributed by atoms with Crippen LogP contribution in [0.4, 0.5) is 0 Å². The first-order valence-electron chi connectivity index (χ1n) is 9.08. The molecule has 2 rings (SSSR count). The van der Waals surface area contributed by atoms with Gasteiger partial charge in [0.15, 0.2) is 0 Å². The predicted molar refractivity (Wildman–Crippen MR) is 105 cm³/mol. The Morgan fingerprint density at radius 2 is 1.96 bits per heavy atom. The molecule has 1 aromatic rings. The molecule has 0 aromatic heterocycles. The Kier molecular flexibility index (Phi) is 10.4. The highest BCUT2D eigenvalue weighted by molar-refractivity contribution is 5.87. The Balaban J connectivity index is 0.00000364. The molecule has 2 atom stereocenters. The summed E-state index contributed by atoms with van der Waals surface area (Å²) < 4.78 is 5.11. The van der Waals surface area contributed by atoms with Crippen LogP contribution in [0.15, 0.2) is 30.3 Å². The highest BCUT2D eigenvalue weighted by Crippen LogP contribution is 2.10. The fraction of sp³-hybridized carbons (Fsp3) is 0.526. The van der Waals surface area contributed by atoms with Gasteiger partial charge in [-0.2, -0.15) is 0 Å². The summed E-state index contributed by atoms with van der Waals surface area (Å²) in [5, 5.41) is 8.42. The Bertz CT molecular complexity index is 606. The first kappa shape index (κ1) is 22.9. The number of amides is 2. The summed E-state index contributed by atoms with van der Waals surface area (Å²) >= 11 is 0. The lowest BCUT2D eigenvalue weighted by Crippen LogP contribution is -2.45. The topological polar surface area (TPSA) is 96.5 Å². The van der Waals surface area contributed by atoms with E-state index in [0.717, 1.165) is 24.9 Å². The number of rotatable bonds is 9. The van der Waals surface area contributed by atoms with Gasteiger partial charge in [-0.05, 0) is 38.3 Å². The summed E-state index contributed by atoms with van der Waals surface area (Å²) in [6.07, 6.45) is 2.23. The van der Waals surface area contributed by atoms with Gasteiger partial charge in [0.2, 0.25) is 11.8 Å². The Labute approximate surface area is 166 Å². The van der Waals surface area contributed by atoms with E-state index in [-0.39, 0.29) is 49.3 Å². The normalized spacial score (nSPS) is 16.7. The van der Waals surface area contributed by atoms with Gasteiger partial charge >= 0.3 is 5.97 Å². The van der Waals surface area contributed by atoms with E-state index in [0.29, 0.717) is 13.0 Å². The van der Waals surface area contributed by atoms with E-state index in [9.17, 15) is 14.4 Å². The van der Waals surface area contributed by atoms with Gasteiger partial charge in [-0.25, -0.2) is 0 Å².